The van der Waals surface area contributed by atoms with Crippen LogP contribution in [0.2, 0.25) is 0 Å². The Bertz CT molecular complexity index is 1640. The van der Waals surface area contributed by atoms with Crippen molar-refractivity contribution in [3.8, 4) is 11.1 Å². The van der Waals surface area contributed by atoms with Gasteiger partial charge in [-0.1, -0.05) is 48.5 Å². The van der Waals surface area contributed by atoms with Crippen molar-refractivity contribution in [2.24, 2.45) is 5.73 Å². The number of carbonyl (C=O) groups excluding carboxylic acids is 3. The molecule has 19 heteroatoms. The van der Waals surface area contributed by atoms with Crippen molar-refractivity contribution in [2.45, 2.75) is 24.1 Å². The van der Waals surface area contributed by atoms with Crippen LogP contribution in [-0.2, 0) is 28.7 Å². The van der Waals surface area contributed by atoms with E-state index < -0.39 is 60.5 Å². The number of fused-ring (bicyclic) bond motifs is 3. The third-order valence-electron chi connectivity index (χ3n) is 10.1. The number of carboxylic acid groups (broad SMARTS) is 3. The van der Waals surface area contributed by atoms with Gasteiger partial charge in [0.15, 0.2) is 0 Å². The number of rotatable bonds is 12. The maximum Gasteiger partial charge on any atom is 0.410 e. The first-order chi connectivity index (χ1) is 25.8. The Labute approximate surface area is 349 Å². The van der Waals surface area contributed by atoms with Gasteiger partial charge in [0.25, 0.3) is 0 Å². The van der Waals surface area contributed by atoms with Crippen LogP contribution in [0.15, 0.2) is 48.5 Å². The molecule has 0 spiro atoms. The predicted octanol–water partition coefficient (Wildman–Crippen LogP) is -1.57. The number of primary amides is 1. The second kappa shape index (κ2) is 20.4. The Hall–Kier alpha value is -3.82. The summed E-state index contributed by atoms with van der Waals surface area (Å²) in [4.78, 5) is 82.2. The fourth-order valence-electron chi connectivity index (χ4n) is 7.60. The number of nitrogens with zero attached hydrogens (tertiary/aromatic N) is 5. The van der Waals surface area contributed by atoms with E-state index >= 15 is 0 Å². The van der Waals surface area contributed by atoms with Crippen LogP contribution in [0.4, 0.5) is 4.79 Å². The summed E-state index contributed by atoms with van der Waals surface area (Å²) < 4.78 is 5.88. The van der Waals surface area contributed by atoms with Gasteiger partial charge < -0.3 is 36.2 Å². The monoisotopic (exact) mass is 911 g/mol. The van der Waals surface area contributed by atoms with E-state index in [-0.39, 0.29) is 131 Å². The zero-order valence-corrected chi connectivity index (χ0v) is 32.4. The summed E-state index contributed by atoms with van der Waals surface area (Å²) >= 11 is 0. The number of aliphatic hydroxyl groups is 1. The number of nitrogens with one attached hydrogen (secondary N) is 1. The number of carbonyl (C=O) groups is 6. The number of likely N-dealkylation sites (tertiary alicyclic amines) is 1. The van der Waals surface area contributed by atoms with Crippen LogP contribution in [0, 0.1) is 39.9 Å². The Morgan fingerprint density at radius 2 is 1.15 bits per heavy atom. The smallest absolute Gasteiger partial charge is 0.410 e. The summed E-state index contributed by atoms with van der Waals surface area (Å²) in [6.07, 6.45) is -2.18. The molecular formula is C36H47GdN7O11. The van der Waals surface area contributed by atoms with Crippen LogP contribution in [0.1, 0.15) is 17.0 Å². The number of hydrogen-bond donors (Lipinski definition) is 6. The summed E-state index contributed by atoms with van der Waals surface area (Å²) in [5.41, 5.74) is 9.31. The molecule has 3 amide bonds. The van der Waals surface area contributed by atoms with E-state index in [9.17, 15) is 49.2 Å². The van der Waals surface area contributed by atoms with Crippen molar-refractivity contribution in [2.75, 3.05) is 91.7 Å². The van der Waals surface area contributed by atoms with Crippen molar-refractivity contribution in [3.05, 3.63) is 59.7 Å². The summed E-state index contributed by atoms with van der Waals surface area (Å²) in [6.45, 7) is -0.930. The molecule has 2 saturated heterocycles. The molecule has 0 aromatic heterocycles. The molecule has 300 valence electrons. The minimum absolute atomic E-state index is 0. The Kier molecular flexibility index (Phi) is 16.3. The fraction of sp³-hybridized carbons (Fsp3) is 0.500. The molecular weight excluding hydrogens is 864 g/mol. The van der Waals surface area contributed by atoms with E-state index in [1.807, 2.05) is 48.5 Å². The van der Waals surface area contributed by atoms with Gasteiger partial charge in [0.1, 0.15) is 12.6 Å². The van der Waals surface area contributed by atoms with Crippen molar-refractivity contribution in [1.82, 2.24) is 29.8 Å². The average Bonchev–Trinajstić information content (AvgIpc) is 3.63. The molecule has 55 heavy (non-hydrogen) atoms. The van der Waals surface area contributed by atoms with Crippen molar-refractivity contribution < 1.29 is 93.9 Å². The molecule has 2 aromatic rings. The zero-order chi connectivity index (χ0) is 38.9. The molecule has 3 aliphatic rings. The van der Waals surface area contributed by atoms with E-state index in [4.69, 9.17) is 10.5 Å². The van der Waals surface area contributed by atoms with Gasteiger partial charge in [0.05, 0.1) is 44.9 Å². The predicted molar refractivity (Wildman–Crippen MR) is 191 cm³/mol. The number of nitrogens with two attached hydrogens (primary N) is 1. The molecule has 0 radical (unpaired) electrons. The number of ether oxygens (including phenoxy) is 1. The molecule has 5 rings (SSSR count). The Morgan fingerprint density at radius 3 is 1.58 bits per heavy atom. The average molecular weight is 911 g/mol. The molecule has 2 aliphatic heterocycles. The second-order valence-electron chi connectivity index (χ2n) is 13.7. The van der Waals surface area contributed by atoms with Crippen LogP contribution in [0.3, 0.4) is 0 Å². The van der Waals surface area contributed by atoms with Crippen molar-refractivity contribution in [3.63, 3.8) is 0 Å². The first kappa shape index (κ1) is 43.9. The zero-order valence-electron chi connectivity index (χ0n) is 30.1. The van der Waals surface area contributed by atoms with E-state index in [1.165, 1.54) is 0 Å². The van der Waals surface area contributed by atoms with Gasteiger partial charge in [-0.05, 0) is 22.3 Å². The largest absolute Gasteiger partial charge is 0.480 e. The number of amides is 3. The van der Waals surface area contributed by atoms with E-state index in [0.29, 0.717) is 0 Å². The van der Waals surface area contributed by atoms with Crippen LogP contribution in [0.5, 0.6) is 0 Å². The van der Waals surface area contributed by atoms with Gasteiger partial charge in [-0.3, -0.25) is 48.5 Å². The number of carboxylic acids is 3. The topological polar surface area (TPSA) is 247 Å². The summed E-state index contributed by atoms with van der Waals surface area (Å²) in [6, 6.07) is 13.1. The third-order valence-corrected chi connectivity index (χ3v) is 10.1. The molecule has 1 aliphatic carbocycles. The standard InChI is InChI=1S/C36H47N7O11.Gd/c37-29(45)17-38-35(52)34-33(28(44)18-43(34)36(53)54-22-27-25-7-3-1-5-23(25)24-6-2-4-8-26(24)27)42-15-13-40(20-31(48)49)11-9-39(19-30(46)47)10-12-41(14-16-42)21-32(50)51;/h1-8,27-28,33-34,44H,9-22H2,(H2,37,45)(H,38,52)(H,46,47)(H,48,49)(H,50,51);/t28-,33?,34-;/m0./s1. The SMILES string of the molecule is NC(=O)CNC(=O)[C@@H]1C(N2CCN(CC(=O)O)CCN(CC(=O)O)CCN(CC(=O)O)CC2)[C@@H](O)CN1C(=O)OCC1c2ccccc2-c2ccccc21.[Gd]. The molecule has 0 saturated carbocycles. The molecule has 7 N–H and O–H groups in total. The van der Waals surface area contributed by atoms with Crippen LogP contribution < -0.4 is 11.1 Å². The summed E-state index contributed by atoms with van der Waals surface area (Å²) in [5, 5.41) is 42.8. The van der Waals surface area contributed by atoms with Crippen LogP contribution in [0.25, 0.3) is 11.1 Å². The van der Waals surface area contributed by atoms with Gasteiger partial charge >= 0.3 is 24.0 Å². The van der Waals surface area contributed by atoms with Gasteiger partial charge in [-0.25, -0.2) is 4.79 Å². The number of β-amino-alcohol motifs (C(OH)–C–C–N with tert-alkyl or cyclic N) is 1. The van der Waals surface area contributed by atoms with E-state index in [1.54, 1.807) is 19.6 Å². The fourth-order valence-corrected chi connectivity index (χ4v) is 7.60. The first-order valence-electron chi connectivity index (χ1n) is 17.7. The Morgan fingerprint density at radius 1 is 0.709 bits per heavy atom. The molecule has 2 aromatic carbocycles. The van der Waals surface area contributed by atoms with E-state index in [2.05, 4.69) is 5.32 Å². The van der Waals surface area contributed by atoms with Gasteiger partial charge in [0.2, 0.25) is 11.8 Å². The van der Waals surface area contributed by atoms with Gasteiger partial charge in [-0.2, -0.15) is 0 Å². The molecule has 1 unspecified atom stereocenters. The maximum atomic E-state index is 13.9. The quantitative estimate of drug-likeness (QED) is 0.141. The molecule has 0 bridgehead atoms. The maximum absolute atomic E-state index is 13.9. The molecule has 3 atom stereocenters. The van der Waals surface area contributed by atoms with Crippen LogP contribution >= 0.6 is 0 Å². The molecule has 2 fully saturated rings. The van der Waals surface area contributed by atoms with Gasteiger partial charge in [-0.15, -0.1) is 0 Å². The van der Waals surface area contributed by atoms with Crippen molar-refractivity contribution in [1.29, 1.82) is 0 Å². The second-order valence-corrected chi connectivity index (χ2v) is 13.7. The minimum atomic E-state index is -1.38. The van der Waals surface area contributed by atoms with Crippen molar-refractivity contribution >= 4 is 35.8 Å². The minimum Gasteiger partial charge on any atom is -0.480 e. The number of aliphatic hydroxyl groups excluding tert-OH is 1. The van der Waals surface area contributed by atoms with Crippen LogP contribution in [-0.4, -0.2) is 191 Å². The number of aliphatic carboxylic acids is 3. The van der Waals surface area contributed by atoms with Gasteiger partial charge in [0, 0.05) is 98.2 Å². The van der Waals surface area contributed by atoms with E-state index in [0.717, 1.165) is 27.2 Å². The normalized spacial score (nSPS) is 21.6. The molecule has 18 nitrogen and oxygen atoms in total. The molecule has 2 heterocycles. The Balaban J connectivity index is 0.00000673. The first-order valence-corrected chi connectivity index (χ1v) is 17.7. The summed E-state index contributed by atoms with van der Waals surface area (Å²) in [5.74, 6) is -5.20. The number of hydrogen-bond acceptors (Lipinski definition) is 12. The summed E-state index contributed by atoms with van der Waals surface area (Å²) in [7, 11) is 0. The number of benzene rings is 2. The third kappa shape index (κ3) is 11.6.